The van der Waals surface area contributed by atoms with Gasteiger partial charge >= 0.3 is 11.9 Å². The van der Waals surface area contributed by atoms with E-state index in [1.165, 1.54) is 14.2 Å². The van der Waals surface area contributed by atoms with Crippen LogP contribution in [0.25, 0.3) is 0 Å². The van der Waals surface area contributed by atoms with E-state index in [0.29, 0.717) is 0 Å². The molecule has 1 atom stereocenters. The maximum atomic E-state index is 11.7. The highest BCUT2D eigenvalue weighted by Gasteiger charge is 2.44. The summed E-state index contributed by atoms with van der Waals surface area (Å²) < 4.78 is 9.38. The van der Waals surface area contributed by atoms with E-state index < -0.39 is 23.3 Å². The van der Waals surface area contributed by atoms with Crippen LogP contribution in [0.4, 0.5) is 0 Å². The highest BCUT2D eigenvalue weighted by atomic mass is 16.5. The van der Waals surface area contributed by atoms with Crippen molar-refractivity contribution in [3.8, 4) is 0 Å². The first-order valence-corrected chi connectivity index (χ1v) is 5.62. The molecule has 16 heavy (non-hydrogen) atoms. The number of ether oxygens (including phenoxy) is 2. The molecule has 0 rings (SSSR count). The van der Waals surface area contributed by atoms with Crippen molar-refractivity contribution in [1.29, 1.82) is 0 Å². The van der Waals surface area contributed by atoms with Crippen LogP contribution in [0.2, 0.25) is 0 Å². The molecule has 1 unspecified atom stereocenters. The molecule has 0 saturated carbocycles. The van der Waals surface area contributed by atoms with E-state index in [1.54, 1.807) is 0 Å². The first kappa shape index (κ1) is 14.9. The van der Waals surface area contributed by atoms with Crippen LogP contribution in [-0.2, 0) is 19.1 Å². The zero-order chi connectivity index (χ0) is 12.8. The molecule has 0 fully saturated rings. The summed E-state index contributed by atoms with van der Waals surface area (Å²) in [6.07, 6.45) is 2.43. The van der Waals surface area contributed by atoms with Gasteiger partial charge in [-0.1, -0.05) is 27.2 Å². The fourth-order valence-electron chi connectivity index (χ4n) is 2.00. The Balaban J connectivity index is 5.12. The number of rotatable bonds is 6. The van der Waals surface area contributed by atoms with Crippen molar-refractivity contribution in [3.63, 3.8) is 0 Å². The Morgan fingerprint density at radius 2 is 1.56 bits per heavy atom. The zero-order valence-corrected chi connectivity index (χ0v) is 10.8. The Labute approximate surface area is 97.3 Å². The highest BCUT2D eigenvalue weighted by Crippen LogP contribution is 2.37. The topological polar surface area (TPSA) is 52.6 Å². The van der Waals surface area contributed by atoms with Gasteiger partial charge in [0.05, 0.1) is 14.2 Å². The zero-order valence-electron chi connectivity index (χ0n) is 10.8. The Hall–Kier alpha value is -1.06. The van der Waals surface area contributed by atoms with Gasteiger partial charge in [-0.15, -0.1) is 0 Å². The van der Waals surface area contributed by atoms with Gasteiger partial charge in [-0.25, -0.2) is 0 Å². The minimum absolute atomic E-state index is 0.394. The molecule has 0 radical (unpaired) electrons. The third-order valence-corrected chi connectivity index (χ3v) is 3.20. The summed E-state index contributed by atoms with van der Waals surface area (Å²) in [5.74, 6) is -1.85. The van der Waals surface area contributed by atoms with E-state index in [9.17, 15) is 9.59 Å². The van der Waals surface area contributed by atoms with Gasteiger partial charge in [-0.05, 0) is 18.3 Å². The van der Waals surface area contributed by atoms with E-state index in [4.69, 9.17) is 0 Å². The van der Waals surface area contributed by atoms with Crippen LogP contribution in [0.3, 0.4) is 0 Å². The molecule has 4 heteroatoms. The number of carbonyl (C=O) groups is 2. The summed E-state index contributed by atoms with van der Waals surface area (Å²) >= 11 is 0. The predicted molar refractivity (Wildman–Crippen MR) is 60.8 cm³/mol. The standard InChI is InChI=1S/C12H22O4/c1-6-8-12(3,7-2)9(10(13)15-4)11(14)16-5/h9H,6-8H2,1-5H3. The van der Waals surface area contributed by atoms with Gasteiger partial charge in [-0.2, -0.15) is 0 Å². The second-order valence-electron chi connectivity index (χ2n) is 4.24. The number of hydrogen-bond acceptors (Lipinski definition) is 4. The molecular formula is C12H22O4. The van der Waals surface area contributed by atoms with Crippen LogP contribution in [-0.4, -0.2) is 26.2 Å². The number of hydrogen-bond donors (Lipinski definition) is 0. The average Bonchev–Trinajstić information content (AvgIpc) is 2.28. The van der Waals surface area contributed by atoms with Gasteiger partial charge in [-0.3, -0.25) is 9.59 Å². The van der Waals surface area contributed by atoms with E-state index in [1.807, 2.05) is 20.8 Å². The molecule has 0 aliphatic carbocycles. The number of esters is 2. The Bertz CT molecular complexity index is 233. The lowest BCUT2D eigenvalue weighted by Crippen LogP contribution is -2.40. The smallest absolute Gasteiger partial charge is 0.320 e. The van der Waals surface area contributed by atoms with Crippen LogP contribution in [0, 0.1) is 11.3 Å². The lowest BCUT2D eigenvalue weighted by atomic mass is 9.71. The van der Waals surface area contributed by atoms with Crippen LogP contribution in [0.1, 0.15) is 40.0 Å². The van der Waals surface area contributed by atoms with Crippen LogP contribution in [0.15, 0.2) is 0 Å². The SMILES string of the molecule is CCCC(C)(CC)C(C(=O)OC)C(=O)OC. The van der Waals surface area contributed by atoms with Crippen molar-refractivity contribution in [2.24, 2.45) is 11.3 Å². The second-order valence-corrected chi connectivity index (χ2v) is 4.24. The molecule has 0 aliphatic heterocycles. The van der Waals surface area contributed by atoms with Gasteiger partial charge in [0.15, 0.2) is 5.92 Å². The third-order valence-electron chi connectivity index (χ3n) is 3.20. The normalized spacial score (nSPS) is 14.4. The molecule has 0 saturated heterocycles. The quantitative estimate of drug-likeness (QED) is 0.518. The molecule has 0 aromatic rings. The minimum Gasteiger partial charge on any atom is -0.468 e. The molecule has 0 spiro atoms. The van der Waals surface area contributed by atoms with E-state index in [0.717, 1.165) is 19.3 Å². The van der Waals surface area contributed by atoms with Gasteiger partial charge < -0.3 is 9.47 Å². The first-order valence-electron chi connectivity index (χ1n) is 5.62. The Kier molecular flexibility index (Phi) is 6.08. The second kappa shape index (κ2) is 6.51. The molecule has 0 bridgehead atoms. The summed E-state index contributed by atoms with van der Waals surface area (Å²) in [6, 6.07) is 0. The van der Waals surface area contributed by atoms with Crippen molar-refractivity contribution < 1.29 is 19.1 Å². The summed E-state index contributed by atoms with van der Waals surface area (Å²) in [7, 11) is 2.58. The molecule has 0 heterocycles. The number of methoxy groups -OCH3 is 2. The van der Waals surface area contributed by atoms with Gasteiger partial charge in [0.25, 0.3) is 0 Å². The molecule has 4 nitrogen and oxygen atoms in total. The Morgan fingerprint density at radius 3 is 1.81 bits per heavy atom. The molecular weight excluding hydrogens is 208 g/mol. The lowest BCUT2D eigenvalue weighted by molar-refractivity contribution is -0.165. The van der Waals surface area contributed by atoms with Crippen LogP contribution < -0.4 is 0 Å². The average molecular weight is 230 g/mol. The van der Waals surface area contributed by atoms with Gasteiger partial charge in [0, 0.05) is 0 Å². The van der Waals surface area contributed by atoms with Crippen molar-refractivity contribution in [3.05, 3.63) is 0 Å². The van der Waals surface area contributed by atoms with Crippen LogP contribution in [0.5, 0.6) is 0 Å². The maximum Gasteiger partial charge on any atom is 0.320 e. The monoisotopic (exact) mass is 230 g/mol. The van der Waals surface area contributed by atoms with Crippen LogP contribution >= 0.6 is 0 Å². The largest absolute Gasteiger partial charge is 0.468 e. The highest BCUT2D eigenvalue weighted by molar-refractivity contribution is 5.95. The first-order chi connectivity index (χ1) is 7.46. The Morgan fingerprint density at radius 1 is 1.12 bits per heavy atom. The minimum atomic E-state index is -0.826. The molecule has 0 amide bonds. The summed E-state index contributed by atoms with van der Waals surface area (Å²) in [5, 5.41) is 0. The molecule has 0 aromatic carbocycles. The van der Waals surface area contributed by atoms with Crippen molar-refractivity contribution in [2.45, 2.75) is 40.0 Å². The number of carbonyl (C=O) groups excluding carboxylic acids is 2. The maximum absolute atomic E-state index is 11.7. The van der Waals surface area contributed by atoms with Gasteiger partial charge in [0.1, 0.15) is 0 Å². The van der Waals surface area contributed by atoms with E-state index >= 15 is 0 Å². The van der Waals surface area contributed by atoms with Crippen molar-refractivity contribution in [2.75, 3.05) is 14.2 Å². The lowest BCUT2D eigenvalue weighted by Gasteiger charge is -2.33. The van der Waals surface area contributed by atoms with Gasteiger partial charge in [0.2, 0.25) is 0 Å². The van der Waals surface area contributed by atoms with Crippen molar-refractivity contribution in [1.82, 2.24) is 0 Å². The molecule has 94 valence electrons. The fourth-order valence-corrected chi connectivity index (χ4v) is 2.00. The predicted octanol–water partition coefficient (Wildman–Crippen LogP) is 2.17. The summed E-state index contributed by atoms with van der Waals surface area (Å²) in [4.78, 5) is 23.3. The summed E-state index contributed by atoms with van der Waals surface area (Å²) in [6.45, 7) is 5.92. The van der Waals surface area contributed by atoms with E-state index in [-0.39, 0.29) is 0 Å². The molecule has 0 aromatic heterocycles. The van der Waals surface area contributed by atoms with Crippen molar-refractivity contribution >= 4 is 11.9 Å². The molecule has 0 N–H and O–H groups in total. The molecule has 0 aliphatic rings. The summed E-state index contributed by atoms with van der Waals surface area (Å²) in [5.41, 5.74) is -0.394. The van der Waals surface area contributed by atoms with E-state index in [2.05, 4.69) is 9.47 Å². The third kappa shape index (κ3) is 3.22. The fraction of sp³-hybridized carbons (Fsp3) is 0.833.